The summed E-state index contributed by atoms with van der Waals surface area (Å²) in [6.07, 6.45) is 0.983. The summed E-state index contributed by atoms with van der Waals surface area (Å²) in [6.45, 7) is 5.65. The van der Waals surface area contributed by atoms with Gasteiger partial charge >= 0.3 is 0 Å². The minimum Gasteiger partial charge on any atom is -0.497 e. The summed E-state index contributed by atoms with van der Waals surface area (Å²) in [4.78, 5) is 14.7. The third kappa shape index (κ3) is 4.97. The Hall–Kier alpha value is -2.38. The summed E-state index contributed by atoms with van der Waals surface area (Å²) in [6, 6.07) is 14.1. The summed E-state index contributed by atoms with van der Waals surface area (Å²) in [5.74, 6) is 1.12. The predicted molar refractivity (Wildman–Crippen MR) is 113 cm³/mol. The molecular formula is C22H28N2O4S. The number of benzene rings is 2. The molecule has 2 aromatic carbocycles. The van der Waals surface area contributed by atoms with Crippen LogP contribution in [0.5, 0.6) is 5.75 Å². The highest BCUT2D eigenvalue weighted by Crippen LogP contribution is 2.21. The Bertz CT molecular complexity index is 930. The molecule has 1 saturated heterocycles. The summed E-state index contributed by atoms with van der Waals surface area (Å²) >= 11 is 0. The maximum atomic E-state index is 12.8. The van der Waals surface area contributed by atoms with Crippen LogP contribution in [0.2, 0.25) is 0 Å². The van der Waals surface area contributed by atoms with E-state index < -0.39 is 10.0 Å². The molecule has 2 aromatic rings. The Labute approximate surface area is 173 Å². The van der Waals surface area contributed by atoms with Gasteiger partial charge in [-0.25, -0.2) is 8.42 Å². The van der Waals surface area contributed by atoms with Crippen LogP contribution < -0.4 is 4.74 Å². The van der Waals surface area contributed by atoms with Crippen LogP contribution in [-0.2, 0) is 16.4 Å². The van der Waals surface area contributed by atoms with E-state index in [-0.39, 0.29) is 23.9 Å². The minimum absolute atomic E-state index is 0.0532. The number of carbonyl (C=O) groups excluding carboxylic acids is 1. The predicted octanol–water partition coefficient (Wildman–Crippen LogP) is 3.04. The first-order chi connectivity index (χ1) is 13.8. The quantitative estimate of drug-likeness (QED) is 0.726. The highest BCUT2D eigenvalue weighted by atomic mass is 32.2. The fourth-order valence-corrected chi connectivity index (χ4v) is 4.89. The van der Waals surface area contributed by atoms with Crippen LogP contribution in [0.3, 0.4) is 0 Å². The van der Waals surface area contributed by atoms with Gasteiger partial charge in [0, 0.05) is 31.7 Å². The number of methoxy groups -OCH3 is 1. The minimum atomic E-state index is -3.58. The van der Waals surface area contributed by atoms with E-state index in [1.165, 1.54) is 17.0 Å². The van der Waals surface area contributed by atoms with Crippen molar-refractivity contribution in [3.63, 3.8) is 0 Å². The molecule has 6 nitrogen and oxygen atoms in total. The molecule has 0 N–H and O–H groups in total. The SMILES string of the molecule is COc1ccc(S(=O)(=O)N2CCN(C(=O)c3ccc(CC(C)C)cc3)CC2)cc1. The van der Waals surface area contributed by atoms with Crippen molar-refractivity contribution in [2.75, 3.05) is 33.3 Å². The fourth-order valence-electron chi connectivity index (χ4n) is 3.47. The van der Waals surface area contributed by atoms with Gasteiger partial charge in [-0.05, 0) is 54.3 Å². The van der Waals surface area contributed by atoms with Gasteiger partial charge < -0.3 is 9.64 Å². The second-order valence-corrected chi connectivity index (χ2v) is 9.60. The van der Waals surface area contributed by atoms with Crippen LogP contribution in [-0.4, -0.2) is 56.8 Å². The molecule has 7 heteroatoms. The van der Waals surface area contributed by atoms with Crippen molar-refractivity contribution in [3.8, 4) is 5.75 Å². The molecule has 0 atom stereocenters. The smallest absolute Gasteiger partial charge is 0.253 e. The highest BCUT2D eigenvalue weighted by Gasteiger charge is 2.30. The van der Waals surface area contributed by atoms with E-state index in [4.69, 9.17) is 4.74 Å². The fraction of sp³-hybridized carbons (Fsp3) is 0.409. The standard InChI is InChI=1S/C22H28N2O4S/c1-17(2)16-18-4-6-19(7-5-18)22(25)23-12-14-24(15-13-23)29(26,27)21-10-8-20(28-3)9-11-21/h4-11,17H,12-16H2,1-3H3. The third-order valence-electron chi connectivity index (χ3n) is 5.07. The van der Waals surface area contributed by atoms with Crippen LogP contribution in [0.15, 0.2) is 53.4 Å². The third-order valence-corrected chi connectivity index (χ3v) is 6.98. The van der Waals surface area contributed by atoms with E-state index in [0.29, 0.717) is 30.3 Å². The van der Waals surface area contributed by atoms with Crippen LogP contribution in [0.4, 0.5) is 0 Å². The monoisotopic (exact) mass is 416 g/mol. The maximum absolute atomic E-state index is 12.8. The van der Waals surface area contributed by atoms with Gasteiger partial charge in [-0.1, -0.05) is 26.0 Å². The van der Waals surface area contributed by atoms with Crippen molar-refractivity contribution in [1.29, 1.82) is 0 Å². The normalized spacial score (nSPS) is 15.5. The first kappa shape index (κ1) is 21.3. The first-order valence-corrected chi connectivity index (χ1v) is 11.3. The average molecular weight is 417 g/mol. The lowest BCUT2D eigenvalue weighted by atomic mass is 10.0. The Morgan fingerprint density at radius 2 is 1.55 bits per heavy atom. The number of amides is 1. The van der Waals surface area contributed by atoms with Crippen LogP contribution in [0, 0.1) is 5.92 Å². The van der Waals surface area contributed by atoms with E-state index in [2.05, 4.69) is 13.8 Å². The molecule has 0 bridgehead atoms. The lowest BCUT2D eigenvalue weighted by Crippen LogP contribution is -2.50. The van der Waals surface area contributed by atoms with E-state index in [9.17, 15) is 13.2 Å². The molecule has 0 radical (unpaired) electrons. The number of hydrogen-bond acceptors (Lipinski definition) is 4. The lowest BCUT2D eigenvalue weighted by Gasteiger charge is -2.34. The zero-order valence-electron chi connectivity index (χ0n) is 17.2. The average Bonchev–Trinajstić information content (AvgIpc) is 2.73. The number of hydrogen-bond donors (Lipinski definition) is 0. The highest BCUT2D eigenvalue weighted by molar-refractivity contribution is 7.89. The van der Waals surface area contributed by atoms with Gasteiger partial charge in [-0.3, -0.25) is 4.79 Å². The summed E-state index contributed by atoms with van der Waals surface area (Å²) < 4.78 is 32.2. The number of carbonyl (C=O) groups is 1. The molecule has 1 aliphatic rings. The Morgan fingerprint density at radius 1 is 0.966 bits per heavy atom. The molecule has 0 aromatic heterocycles. The molecule has 156 valence electrons. The maximum Gasteiger partial charge on any atom is 0.253 e. The van der Waals surface area contributed by atoms with Gasteiger partial charge in [0.25, 0.3) is 5.91 Å². The van der Waals surface area contributed by atoms with Crippen molar-refractivity contribution < 1.29 is 17.9 Å². The molecule has 1 fully saturated rings. The number of ether oxygens (including phenoxy) is 1. The zero-order valence-corrected chi connectivity index (χ0v) is 18.0. The number of sulfonamides is 1. The van der Waals surface area contributed by atoms with Crippen molar-refractivity contribution in [1.82, 2.24) is 9.21 Å². The summed E-state index contributed by atoms with van der Waals surface area (Å²) in [5.41, 5.74) is 1.86. The summed E-state index contributed by atoms with van der Waals surface area (Å²) in [7, 11) is -2.04. The van der Waals surface area contributed by atoms with Crippen molar-refractivity contribution in [3.05, 3.63) is 59.7 Å². The number of rotatable bonds is 6. The molecule has 3 rings (SSSR count). The molecule has 1 aliphatic heterocycles. The molecular weight excluding hydrogens is 388 g/mol. The van der Waals surface area contributed by atoms with Gasteiger partial charge in [-0.2, -0.15) is 4.31 Å². The van der Waals surface area contributed by atoms with E-state index in [0.717, 1.165) is 6.42 Å². The Balaban J connectivity index is 1.62. The molecule has 29 heavy (non-hydrogen) atoms. The first-order valence-electron chi connectivity index (χ1n) is 9.83. The Morgan fingerprint density at radius 3 is 2.07 bits per heavy atom. The summed E-state index contributed by atoms with van der Waals surface area (Å²) in [5, 5.41) is 0. The lowest BCUT2D eigenvalue weighted by molar-refractivity contribution is 0.0698. The van der Waals surface area contributed by atoms with Crippen molar-refractivity contribution >= 4 is 15.9 Å². The van der Waals surface area contributed by atoms with Gasteiger partial charge in [0.2, 0.25) is 10.0 Å². The van der Waals surface area contributed by atoms with Gasteiger partial charge in [-0.15, -0.1) is 0 Å². The molecule has 0 unspecified atom stereocenters. The van der Waals surface area contributed by atoms with Crippen molar-refractivity contribution in [2.24, 2.45) is 5.92 Å². The van der Waals surface area contributed by atoms with E-state index in [1.807, 2.05) is 24.3 Å². The molecule has 1 heterocycles. The Kier molecular flexibility index (Phi) is 6.59. The van der Waals surface area contributed by atoms with Crippen LogP contribution in [0.1, 0.15) is 29.8 Å². The van der Waals surface area contributed by atoms with E-state index >= 15 is 0 Å². The van der Waals surface area contributed by atoms with Crippen LogP contribution >= 0.6 is 0 Å². The topological polar surface area (TPSA) is 66.9 Å². The number of piperazine rings is 1. The molecule has 0 aliphatic carbocycles. The van der Waals surface area contributed by atoms with Gasteiger partial charge in [0.15, 0.2) is 0 Å². The largest absolute Gasteiger partial charge is 0.497 e. The molecule has 0 saturated carbocycles. The van der Waals surface area contributed by atoms with Gasteiger partial charge in [0.05, 0.1) is 12.0 Å². The second kappa shape index (κ2) is 8.97. The number of nitrogens with zero attached hydrogens (tertiary/aromatic N) is 2. The van der Waals surface area contributed by atoms with Crippen molar-refractivity contribution in [2.45, 2.75) is 25.2 Å². The molecule has 0 spiro atoms. The second-order valence-electron chi connectivity index (χ2n) is 7.67. The van der Waals surface area contributed by atoms with Gasteiger partial charge in [0.1, 0.15) is 5.75 Å². The molecule has 1 amide bonds. The van der Waals surface area contributed by atoms with E-state index in [1.54, 1.807) is 29.2 Å². The van der Waals surface area contributed by atoms with Crippen LogP contribution in [0.25, 0.3) is 0 Å². The zero-order chi connectivity index (χ0) is 21.0.